The van der Waals surface area contributed by atoms with Crippen molar-refractivity contribution in [2.45, 2.75) is 6.92 Å². The zero-order valence-electron chi connectivity index (χ0n) is 4.72. The zero-order chi connectivity index (χ0) is 5.70. The summed E-state index contributed by atoms with van der Waals surface area (Å²) in [6.45, 7) is 3.53. The molecule has 0 aliphatic carbocycles. The first-order valence-electron chi connectivity index (χ1n) is 2.24. The summed E-state index contributed by atoms with van der Waals surface area (Å²) in [5, 5.41) is 0. The van der Waals surface area contributed by atoms with Crippen molar-refractivity contribution in [1.82, 2.24) is 4.31 Å². The van der Waals surface area contributed by atoms with Gasteiger partial charge in [-0.3, -0.25) is 0 Å². The largest absolute Gasteiger partial charge is 0.368 e. The molecule has 0 atom stereocenters. The molecule has 0 spiro atoms. The molecule has 0 heterocycles. The third-order valence-corrected chi connectivity index (χ3v) is 1.04. The van der Waals surface area contributed by atoms with Gasteiger partial charge in [0.25, 0.3) is 0 Å². The third kappa shape index (κ3) is 4.12. The van der Waals surface area contributed by atoms with E-state index in [9.17, 15) is 0 Å². The molecule has 0 aromatic rings. The molecule has 0 aliphatic rings. The van der Waals surface area contributed by atoms with Crippen molar-refractivity contribution in [3.8, 4) is 0 Å². The Bertz CT molecular complexity index is 42.7. The van der Waals surface area contributed by atoms with E-state index in [1.807, 2.05) is 6.92 Å². The number of ether oxygens (including phenoxy) is 1. The van der Waals surface area contributed by atoms with Gasteiger partial charge >= 0.3 is 0 Å². The number of thiol groups is 1. The maximum atomic E-state index is 4.74. The maximum absolute atomic E-state index is 4.74. The van der Waals surface area contributed by atoms with Gasteiger partial charge in [0.2, 0.25) is 0 Å². The summed E-state index contributed by atoms with van der Waals surface area (Å²) in [4.78, 5) is 0. The lowest BCUT2D eigenvalue weighted by Gasteiger charge is -2.08. The topological polar surface area (TPSA) is 12.5 Å². The minimum atomic E-state index is 0.597. The molecule has 0 rings (SSSR count). The van der Waals surface area contributed by atoms with Crippen LogP contribution < -0.4 is 0 Å². The van der Waals surface area contributed by atoms with Crippen LogP contribution in [0.3, 0.4) is 0 Å². The third-order valence-electron chi connectivity index (χ3n) is 0.643. The molecule has 0 unspecified atom stereocenters. The Kier molecular flexibility index (Phi) is 4.60. The molecule has 0 aromatic carbocycles. The van der Waals surface area contributed by atoms with E-state index in [0.29, 0.717) is 6.73 Å². The van der Waals surface area contributed by atoms with E-state index in [2.05, 4.69) is 12.8 Å². The second-order valence-corrected chi connectivity index (χ2v) is 1.81. The second-order valence-electron chi connectivity index (χ2n) is 1.24. The Labute approximate surface area is 50.0 Å². The molecule has 0 bridgehead atoms. The highest BCUT2D eigenvalue weighted by atomic mass is 32.1. The monoisotopic (exact) mass is 121 g/mol. The normalized spacial score (nSPS) is 10.3. The van der Waals surface area contributed by atoms with Crippen LogP contribution in [0.1, 0.15) is 6.92 Å². The van der Waals surface area contributed by atoms with Crippen molar-refractivity contribution in [2.75, 3.05) is 20.4 Å². The summed E-state index contributed by atoms with van der Waals surface area (Å²) < 4.78 is 6.52. The van der Waals surface area contributed by atoms with E-state index in [4.69, 9.17) is 4.74 Å². The van der Waals surface area contributed by atoms with Crippen molar-refractivity contribution in [3.63, 3.8) is 0 Å². The molecule has 0 amide bonds. The van der Waals surface area contributed by atoms with E-state index in [-0.39, 0.29) is 0 Å². The van der Waals surface area contributed by atoms with Gasteiger partial charge in [0.15, 0.2) is 0 Å². The van der Waals surface area contributed by atoms with Crippen molar-refractivity contribution >= 4 is 12.8 Å². The van der Waals surface area contributed by atoms with Gasteiger partial charge in [-0.2, -0.15) is 0 Å². The minimum absolute atomic E-state index is 0.597. The molecule has 0 saturated heterocycles. The molecule has 0 radical (unpaired) electrons. The van der Waals surface area contributed by atoms with Crippen LogP contribution in [0.5, 0.6) is 0 Å². The lowest BCUT2D eigenvalue weighted by Crippen LogP contribution is -2.13. The summed E-state index contributed by atoms with van der Waals surface area (Å²) in [5.74, 6) is 0. The highest BCUT2D eigenvalue weighted by Gasteiger charge is 1.88. The molecular weight excluding hydrogens is 110 g/mol. The molecule has 0 fully saturated rings. The van der Waals surface area contributed by atoms with E-state index < -0.39 is 0 Å². The maximum Gasteiger partial charge on any atom is 0.107 e. The first kappa shape index (κ1) is 7.27. The SMILES string of the molecule is CCN(S)COC. The van der Waals surface area contributed by atoms with Crippen molar-refractivity contribution in [2.24, 2.45) is 0 Å². The molecule has 0 aromatic heterocycles. The van der Waals surface area contributed by atoms with Crippen LogP contribution in [-0.2, 0) is 4.74 Å². The zero-order valence-corrected chi connectivity index (χ0v) is 5.61. The van der Waals surface area contributed by atoms with Gasteiger partial charge in [-0.15, -0.1) is 0 Å². The first-order chi connectivity index (χ1) is 3.31. The summed E-state index contributed by atoms with van der Waals surface area (Å²) in [6.07, 6.45) is 0. The lowest BCUT2D eigenvalue weighted by molar-refractivity contribution is 0.128. The summed E-state index contributed by atoms with van der Waals surface area (Å²) >= 11 is 4.02. The van der Waals surface area contributed by atoms with E-state index in [1.165, 1.54) is 0 Å². The van der Waals surface area contributed by atoms with Gasteiger partial charge in [0, 0.05) is 13.7 Å². The lowest BCUT2D eigenvalue weighted by atomic mass is 10.8. The molecule has 3 heteroatoms. The Morgan fingerprint density at radius 2 is 2.29 bits per heavy atom. The van der Waals surface area contributed by atoms with Gasteiger partial charge in [-0.05, 0) is 0 Å². The number of hydrogen-bond donors (Lipinski definition) is 1. The van der Waals surface area contributed by atoms with Crippen molar-refractivity contribution in [1.29, 1.82) is 0 Å². The fourth-order valence-corrected chi connectivity index (χ4v) is 0.356. The first-order valence-corrected chi connectivity index (χ1v) is 2.64. The average Bonchev–Trinajstić information content (AvgIpc) is 1.68. The molecule has 7 heavy (non-hydrogen) atoms. The molecular formula is C4H11NOS. The molecule has 44 valence electrons. The summed E-state index contributed by atoms with van der Waals surface area (Å²) in [7, 11) is 1.65. The second kappa shape index (κ2) is 4.43. The molecule has 0 N–H and O–H groups in total. The molecule has 0 aliphatic heterocycles. The predicted molar refractivity (Wildman–Crippen MR) is 33.2 cm³/mol. The highest BCUT2D eigenvalue weighted by Crippen LogP contribution is 1.88. The predicted octanol–water partition coefficient (Wildman–Crippen LogP) is 0.757. The Hall–Kier alpha value is 0.270. The molecule has 0 saturated carbocycles. The van der Waals surface area contributed by atoms with Crippen molar-refractivity contribution < 1.29 is 4.74 Å². The van der Waals surface area contributed by atoms with Gasteiger partial charge in [-0.1, -0.05) is 19.7 Å². The minimum Gasteiger partial charge on any atom is -0.368 e. The Morgan fingerprint density at radius 1 is 1.71 bits per heavy atom. The Balaban J connectivity index is 2.83. The van der Waals surface area contributed by atoms with Crippen LogP contribution in [-0.4, -0.2) is 24.7 Å². The van der Waals surface area contributed by atoms with Gasteiger partial charge < -0.3 is 4.74 Å². The van der Waals surface area contributed by atoms with Gasteiger partial charge in [0.05, 0.1) is 0 Å². The van der Waals surface area contributed by atoms with Gasteiger partial charge in [-0.25, -0.2) is 4.31 Å². The fourth-order valence-electron chi connectivity index (χ4n) is 0.240. The van der Waals surface area contributed by atoms with Crippen LogP contribution in [0.15, 0.2) is 0 Å². The number of methoxy groups -OCH3 is 1. The number of hydrogen-bond acceptors (Lipinski definition) is 3. The quantitative estimate of drug-likeness (QED) is 0.437. The van der Waals surface area contributed by atoms with Gasteiger partial charge in [0.1, 0.15) is 6.73 Å². The van der Waals surface area contributed by atoms with Crippen molar-refractivity contribution in [3.05, 3.63) is 0 Å². The standard InChI is InChI=1S/C4H11NOS/c1-3-5(7)4-6-2/h7H,3-4H2,1-2H3. The van der Waals surface area contributed by atoms with E-state index in [0.717, 1.165) is 6.54 Å². The van der Waals surface area contributed by atoms with Crippen LogP contribution >= 0.6 is 12.8 Å². The van der Waals surface area contributed by atoms with Crippen LogP contribution in [0.4, 0.5) is 0 Å². The van der Waals surface area contributed by atoms with E-state index in [1.54, 1.807) is 11.4 Å². The smallest absolute Gasteiger partial charge is 0.107 e. The van der Waals surface area contributed by atoms with Crippen LogP contribution in [0, 0.1) is 0 Å². The molecule has 2 nitrogen and oxygen atoms in total. The summed E-state index contributed by atoms with van der Waals surface area (Å²) in [6, 6.07) is 0. The number of rotatable bonds is 3. The summed E-state index contributed by atoms with van der Waals surface area (Å²) in [5.41, 5.74) is 0. The Morgan fingerprint density at radius 3 is 2.43 bits per heavy atom. The fraction of sp³-hybridized carbons (Fsp3) is 1.00. The van der Waals surface area contributed by atoms with Crippen LogP contribution in [0.2, 0.25) is 0 Å². The van der Waals surface area contributed by atoms with Crippen LogP contribution in [0.25, 0.3) is 0 Å². The van der Waals surface area contributed by atoms with E-state index >= 15 is 0 Å². The number of nitrogens with zero attached hydrogens (tertiary/aromatic N) is 1. The average molecular weight is 121 g/mol. The highest BCUT2D eigenvalue weighted by molar-refractivity contribution is 7.77.